The maximum absolute atomic E-state index is 13.1. The van der Waals surface area contributed by atoms with Gasteiger partial charge in [-0.15, -0.1) is 0 Å². The highest BCUT2D eigenvalue weighted by Gasteiger charge is 2.30. The number of piperidine rings is 1. The lowest BCUT2D eigenvalue weighted by Crippen LogP contribution is -2.41. The molecule has 3 aliphatic rings. The summed E-state index contributed by atoms with van der Waals surface area (Å²) in [5.74, 6) is 0.444. The number of likely N-dealkylation sites (tertiary alicyclic amines) is 1. The van der Waals surface area contributed by atoms with Crippen LogP contribution in [0.4, 0.5) is 0 Å². The summed E-state index contributed by atoms with van der Waals surface area (Å²) in [4.78, 5) is 17.6. The molecule has 172 valence electrons. The maximum Gasteiger partial charge on any atom is 0.255 e. The van der Waals surface area contributed by atoms with Gasteiger partial charge in [0.25, 0.3) is 5.91 Å². The molecule has 3 fully saturated rings. The summed E-state index contributed by atoms with van der Waals surface area (Å²) in [6.45, 7) is 7.18. The third-order valence-corrected chi connectivity index (χ3v) is 8.95. The average molecular weight is 470 g/mol. The van der Waals surface area contributed by atoms with Gasteiger partial charge in [-0.1, -0.05) is 11.6 Å². The molecule has 9 heteroatoms. The summed E-state index contributed by atoms with van der Waals surface area (Å²) in [5.41, 5.74) is 0.286. The number of sulfonamides is 1. The molecule has 0 N–H and O–H groups in total. The highest BCUT2D eigenvalue weighted by molar-refractivity contribution is 7.89. The SMILES string of the molecule is O=C(c1cc(S(=O)(=O)N2CCCC2)ccc1Cl)N1CCC(CCN2CCOCC2)CC1. The Hall–Kier alpha value is -1.19. The highest BCUT2D eigenvalue weighted by atomic mass is 35.5. The second kappa shape index (κ2) is 10.2. The van der Waals surface area contributed by atoms with Crippen molar-refractivity contribution in [2.75, 3.05) is 59.0 Å². The lowest BCUT2D eigenvalue weighted by atomic mass is 9.93. The van der Waals surface area contributed by atoms with Crippen LogP contribution in [0, 0.1) is 5.92 Å². The van der Waals surface area contributed by atoms with Crippen LogP contribution in [0.1, 0.15) is 42.5 Å². The molecule has 0 spiro atoms. The average Bonchev–Trinajstić information content (AvgIpc) is 3.34. The molecule has 0 atom stereocenters. The number of hydrogen-bond donors (Lipinski definition) is 0. The van der Waals surface area contributed by atoms with E-state index in [2.05, 4.69) is 4.90 Å². The topological polar surface area (TPSA) is 70.2 Å². The van der Waals surface area contributed by atoms with Crippen molar-refractivity contribution >= 4 is 27.5 Å². The van der Waals surface area contributed by atoms with Crippen LogP contribution in [0.3, 0.4) is 0 Å². The monoisotopic (exact) mass is 469 g/mol. The first-order chi connectivity index (χ1) is 14.9. The number of hydrogen-bond acceptors (Lipinski definition) is 5. The molecule has 0 radical (unpaired) electrons. The van der Waals surface area contributed by atoms with Crippen molar-refractivity contribution in [3.8, 4) is 0 Å². The van der Waals surface area contributed by atoms with Gasteiger partial charge in [0.2, 0.25) is 10.0 Å². The second-order valence-electron chi connectivity index (χ2n) is 8.73. The number of rotatable bonds is 6. The van der Waals surface area contributed by atoms with Gasteiger partial charge < -0.3 is 9.64 Å². The quantitative estimate of drug-likeness (QED) is 0.640. The van der Waals surface area contributed by atoms with E-state index in [4.69, 9.17) is 16.3 Å². The minimum Gasteiger partial charge on any atom is -0.379 e. The Bertz CT molecular complexity index is 875. The molecule has 0 aromatic heterocycles. The molecule has 3 heterocycles. The summed E-state index contributed by atoms with van der Waals surface area (Å²) in [6, 6.07) is 4.50. The molecular formula is C22H32ClN3O4S. The molecule has 0 saturated carbocycles. The largest absolute Gasteiger partial charge is 0.379 e. The Balaban J connectivity index is 1.36. The molecule has 3 aliphatic heterocycles. The maximum atomic E-state index is 13.1. The fraction of sp³-hybridized carbons (Fsp3) is 0.682. The normalized spacial score (nSPS) is 22.2. The Morgan fingerprint density at radius 2 is 1.71 bits per heavy atom. The van der Waals surface area contributed by atoms with E-state index in [1.165, 1.54) is 22.5 Å². The lowest BCUT2D eigenvalue weighted by Gasteiger charge is -2.34. The molecule has 4 rings (SSSR count). The van der Waals surface area contributed by atoms with Crippen LogP contribution >= 0.6 is 11.6 Å². The predicted molar refractivity (Wildman–Crippen MR) is 120 cm³/mol. The van der Waals surface area contributed by atoms with Crippen LogP contribution in [0.25, 0.3) is 0 Å². The molecule has 1 aromatic rings. The molecule has 1 aromatic carbocycles. The van der Waals surface area contributed by atoms with Crippen LogP contribution in [0.2, 0.25) is 5.02 Å². The summed E-state index contributed by atoms with van der Waals surface area (Å²) >= 11 is 6.31. The zero-order chi connectivity index (χ0) is 21.8. The van der Waals surface area contributed by atoms with E-state index < -0.39 is 10.0 Å². The first kappa shape index (κ1) is 23.0. The van der Waals surface area contributed by atoms with Crippen molar-refractivity contribution in [1.82, 2.24) is 14.1 Å². The van der Waals surface area contributed by atoms with E-state index in [-0.39, 0.29) is 16.4 Å². The number of amides is 1. The van der Waals surface area contributed by atoms with E-state index >= 15 is 0 Å². The summed E-state index contributed by atoms with van der Waals surface area (Å²) in [6.07, 6.45) is 4.84. The van der Waals surface area contributed by atoms with Gasteiger partial charge in [0.15, 0.2) is 0 Å². The van der Waals surface area contributed by atoms with Crippen LogP contribution in [-0.4, -0.2) is 87.5 Å². The Labute approximate surface area is 190 Å². The number of morpholine rings is 1. The van der Waals surface area contributed by atoms with Gasteiger partial charge >= 0.3 is 0 Å². The molecule has 0 aliphatic carbocycles. The minimum absolute atomic E-state index is 0.155. The molecule has 0 unspecified atom stereocenters. The fourth-order valence-electron chi connectivity index (χ4n) is 4.69. The number of nitrogens with zero attached hydrogens (tertiary/aromatic N) is 3. The first-order valence-electron chi connectivity index (χ1n) is 11.3. The number of carbonyl (C=O) groups is 1. The third kappa shape index (κ3) is 5.42. The summed E-state index contributed by atoms with van der Waals surface area (Å²) < 4.78 is 32.7. The van der Waals surface area contributed by atoms with E-state index in [0.717, 1.165) is 65.0 Å². The van der Waals surface area contributed by atoms with Crippen molar-refractivity contribution < 1.29 is 17.9 Å². The van der Waals surface area contributed by atoms with Gasteiger partial charge in [-0.25, -0.2) is 8.42 Å². The number of halogens is 1. The summed E-state index contributed by atoms with van der Waals surface area (Å²) in [5, 5.41) is 0.305. The van der Waals surface area contributed by atoms with Crippen LogP contribution in [-0.2, 0) is 14.8 Å². The van der Waals surface area contributed by atoms with Gasteiger partial charge in [-0.2, -0.15) is 4.31 Å². The Morgan fingerprint density at radius 1 is 1.03 bits per heavy atom. The van der Waals surface area contributed by atoms with Crippen LogP contribution in [0.15, 0.2) is 23.1 Å². The second-order valence-corrected chi connectivity index (χ2v) is 11.1. The minimum atomic E-state index is -3.58. The third-order valence-electron chi connectivity index (χ3n) is 6.73. The first-order valence-corrected chi connectivity index (χ1v) is 13.2. The summed E-state index contributed by atoms with van der Waals surface area (Å²) in [7, 11) is -3.58. The van der Waals surface area contributed by atoms with Gasteiger partial charge in [0.1, 0.15) is 0 Å². The standard InChI is InChI=1S/C22H32ClN3O4S/c23-21-4-3-19(31(28,29)26-8-1-2-9-26)17-20(21)22(27)25-11-6-18(7-12-25)5-10-24-13-15-30-16-14-24/h3-4,17-18H,1-2,5-16H2. The van der Waals surface area contributed by atoms with E-state index in [1.54, 1.807) is 0 Å². The Morgan fingerprint density at radius 3 is 2.39 bits per heavy atom. The number of ether oxygens (including phenoxy) is 1. The molecular weight excluding hydrogens is 438 g/mol. The van der Waals surface area contributed by atoms with Gasteiger partial charge in [0.05, 0.1) is 28.7 Å². The van der Waals surface area contributed by atoms with Crippen LogP contribution < -0.4 is 0 Å². The van der Waals surface area contributed by atoms with E-state index in [1.807, 2.05) is 4.90 Å². The fourth-order valence-corrected chi connectivity index (χ4v) is 6.43. The molecule has 0 bridgehead atoms. The lowest BCUT2D eigenvalue weighted by molar-refractivity contribution is 0.0332. The van der Waals surface area contributed by atoms with Crippen molar-refractivity contribution in [3.05, 3.63) is 28.8 Å². The molecule has 7 nitrogen and oxygen atoms in total. The van der Waals surface area contributed by atoms with Gasteiger partial charge in [0, 0.05) is 39.3 Å². The zero-order valence-electron chi connectivity index (χ0n) is 18.0. The van der Waals surface area contributed by atoms with Gasteiger partial charge in [-0.05, 0) is 62.8 Å². The number of benzene rings is 1. The molecule has 31 heavy (non-hydrogen) atoms. The molecule has 1 amide bonds. The van der Waals surface area contributed by atoms with Crippen molar-refractivity contribution in [1.29, 1.82) is 0 Å². The van der Waals surface area contributed by atoms with Crippen LogP contribution in [0.5, 0.6) is 0 Å². The highest BCUT2D eigenvalue weighted by Crippen LogP contribution is 2.28. The van der Waals surface area contributed by atoms with Crippen molar-refractivity contribution in [3.63, 3.8) is 0 Å². The van der Waals surface area contributed by atoms with Gasteiger partial charge in [-0.3, -0.25) is 9.69 Å². The zero-order valence-corrected chi connectivity index (χ0v) is 19.5. The Kier molecular flexibility index (Phi) is 7.54. The number of carbonyl (C=O) groups excluding carboxylic acids is 1. The van der Waals surface area contributed by atoms with E-state index in [0.29, 0.717) is 37.1 Å². The molecule has 3 saturated heterocycles. The van der Waals surface area contributed by atoms with Crippen molar-refractivity contribution in [2.24, 2.45) is 5.92 Å². The van der Waals surface area contributed by atoms with E-state index in [9.17, 15) is 13.2 Å². The predicted octanol–water partition coefficient (Wildman–Crippen LogP) is 2.70. The smallest absolute Gasteiger partial charge is 0.255 e. The van der Waals surface area contributed by atoms with Crippen molar-refractivity contribution in [2.45, 2.75) is 37.0 Å².